The van der Waals surface area contributed by atoms with Crippen LogP contribution in [0.2, 0.25) is 0 Å². The zero-order valence-electron chi connectivity index (χ0n) is 21.2. The third kappa shape index (κ3) is 5.84. The van der Waals surface area contributed by atoms with E-state index in [0.717, 1.165) is 40.4 Å². The van der Waals surface area contributed by atoms with Gasteiger partial charge in [0.2, 0.25) is 10.0 Å². The topological polar surface area (TPSA) is 55.2 Å². The van der Waals surface area contributed by atoms with Crippen LogP contribution in [-0.4, -0.2) is 28.5 Å². The van der Waals surface area contributed by atoms with Gasteiger partial charge in [-0.05, 0) is 47.9 Å². The lowest BCUT2D eigenvalue weighted by Gasteiger charge is -2.26. The molecule has 0 saturated heterocycles. The van der Waals surface area contributed by atoms with Crippen LogP contribution >= 0.6 is 11.8 Å². The summed E-state index contributed by atoms with van der Waals surface area (Å²) in [5, 5.41) is 1.02. The van der Waals surface area contributed by atoms with Crippen LogP contribution in [0.1, 0.15) is 49.3 Å². The van der Waals surface area contributed by atoms with Gasteiger partial charge in [-0.1, -0.05) is 104 Å². The normalized spacial score (nSPS) is 14.8. The highest BCUT2D eigenvalue weighted by Crippen LogP contribution is 2.36. The van der Waals surface area contributed by atoms with E-state index in [1.165, 1.54) is 19.3 Å². The molecule has 1 aliphatic rings. The highest BCUT2D eigenvalue weighted by molar-refractivity contribution is 7.98. The van der Waals surface area contributed by atoms with Crippen molar-refractivity contribution in [3.05, 3.63) is 102 Å². The fraction of sp³-hybridized carbons (Fsp3) is 0.300. The van der Waals surface area contributed by atoms with Crippen molar-refractivity contribution in [2.45, 2.75) is 61.3 Å². The van der Waals surface area contributed by atoms with E-state index in [4.69, 9.17) is 0 Å². The van der Waals surface area contributed by atoms with Crippen molar-refractivity contribution in [2.24, 2.45) is 0 Å². The van der Waals surface area contributed by atoms with Crippen molar-refractivity contribution >= 4 is 21.8 Å². The molecule has 0 aliphatic heterocycles. The van der Waals surface area contributed by atoms with Crippen LogP contribution in [0.3, 0.4) is 0 Å². The fourth-order valence-corrected chi connectivity index (χ4v) is 7.17. The van der Waals surface area contributed by atoms with Gasteiger partial charge in [-0.2, -0.15) is 4.31 Å². The van der Waals surface area contributed by atoms with Crippen LogP contribution in [0.15, 0.2) is 101 Å². The molecule has 0 spiro atoms. The SMILES string of the molecule is CSc1ncc(-c2ccc(S(=O)(=O)N(Cc3ccccc3)Cc3ccccc3)cc2)n1C1CCCCC1. The molecule has 1 aliphatic carbocycles. The first-order valence-corrected chi connectivity index (χ1v) is 15.5. The molecule has 3 aromatic carbocycles. The number of rotatable bonds is 9. The molecule has 1 heterocycles. The van der Waals surface area contributed by atoms with Crippen LogP contribution < -0.4 is 0 Å². The first kappa shape index (κ1) is 25.8. The Kier molecular flexibility index (Phi) is 8.13. The molecule has 0 N–H and O–H groups in total. The minimum absolute atomic E-state index is 0.303. The lowest BCUT2D eigenvalue weighted by Crippen LogP contribution is -2.30. The summed E-state index contributed by atoms with van der Waals surface area (Å²) in [6.45, 7) is 0.622. The summed E-state index contributed by atoms with van der Waals surface area (Å²) in [4.78, 5) is 4.98. The molecule has 7 heteroatoms. The zero-order valence-corrected chi connectivity index (χ0v) is 22.8. The van der Waals surface area contributed by atoms with Crippen molar-refractivity contribution in [1.82, 2.24) is 13.9 Å². The summed E-state index contributed by atoms with van der Waals surface area (Å²) in [5.41, 5.74) is 3.97. The van der Waals surface area contributed by atoms with Gasteiger partial charge in [-0.3, -0.25) is 0 Å². The molecular formula is C30H33N3O2S2. The monoisotopic (exact) mass is 531 g/mol. The molecule has 1 saturated carbocycles. The fourth-order valence-electron chi connectivity index (χ4n) is 5.15. The van der Waals surface area contributed by atoms with Crippen molar-refractivity contribution in [3.8, 4) is 11.3 Å². The van der Waals surface area contributed by atoms with Gasteiger partial charge < -0.3 is 4.57 Å². The van der Waals surface area contributed by atoms with E-state index in [2.05, 4.69) is 15.8 Å². The van der Waals surface area contributed by atoms with E-state index >= 15 is 0 Å². The summed E-state index contributed by atoms with van der Waals surface area (Å²) in [6.07, 6.45) is 10.1. The van der Waals surface area contributed by atoms with Crippen LogP contribution in [-0.2, 0) is 23.1 Å². The summed E-state index contributed by atoms with van der Waals surface area (Å²) >= 11 is 1.67. The molecule has 0 bridgehead atoms. The minimum Gasteiger partial charge on any atom is -0.316 e. The highest BCUT2D eigenvalue weighted by atomic mass is 32.2. The first-order valence-electron chi connectivity index (χ1n) is 12.9. The third-order valence-corrected chi connectivity index (χ3v) is 9.55. The number of thioether (sulfide) groups is 1. The number of nitrogens with zero attached hydrogens (tertiary/aromatic N) is 3. The Morgan fingerprint density at radius 3 is 1.95 bits per heavy atom. The number of benzene rings is 3. The number of aromatic nitrogens is 2. The van der Waals surface area contributed by atoms with Crippen molar-refractivity contribution in [1.29, 1.82) is 0 Å². The Balaban J connectivity index is 1.45. The second-order valence-electron chi connectivity index (χ2n) is 9.56. The predicted molar refractivity (Wildman–Crippen MR) is 151 cm³/mol. The molecule has 37 heavy (non-hydrogen) atoms. The molecule has 0 radical (unpaired) electrons. The predicted octanol–water partition coefficient (Wildman–Crippen LogP) is 7.17. The average Bonchev–Trinajstić information content (AvgIpc) is 3.39. The largest absolute Gasteiger partial charge is 0.316 e. The lowest BCUT2D eigenvalue weighted by atomic mass is 9.95. The van der Waals surface area contributed by atoms with Crippen LogP contribution in [0.25, 0.3) is 11.3 Å². The molecule has 1 aromatic heterocycles. The van der Waals surface area contributed by atoms with Gasteiger partial charge in [-0.25, -0.2) is 13.4 Å². The standard InChI is InChI=1S/C30H33N3O2S2/c1-36-30-31-21-29(33(30)27-15-9-4-10-16-27)26-17-19-28(20-18-26)37(34,35)32(22-24-11-5-2-6-12-24)23-25-13-7-3-8-14-25/h2-3,5-8,11-14,17-21,27H,4,9-10,15-16,22-23H2,1H3. The molecule has 192 valence electrons. The molecule has 4 aromatic rings. The quantitative estimate of drug-likeness (QED) is 0.215. The van der Waals surface area contributed by atoms with E-state index in [9.17, 15) is 8.42 Å². The van der Waals surface area contributed by atoms with Gasteiger partial charge >= 0.3 is 0 Å². The Morgan fingerprint density at radius 1 is 0.838 bits per heavy atom. The van der Waals surface area contributed by atoms with E-state index in [1.807, 2.05) is 79.0 Å². The van der Waals surface area contributed by atoms with E-state index in [0.29, 0.717) is 24.0 Å². The minimum atomic E-state index is -3.72. The van der Waals surface area contributed by atoms with Crippen LogP contribution in [0, 0.1) is 0 Å². The van der Waals surface area contributed by atoms with E-state index in [1.54, 1.807) is 28.2 Å². The molecule has 5 nitrogen and oxygen atoms in total. The maximum atomic E-state index is 13.9. The van der Waals surface area contributed by atoms with Crippen molar-refractivity contribution in [2.75, 3.05) is 6.26 Å². The van der Waals surface area contributed by atoms with Crippen LogP contribution in [0.4, 0.5) is 0 Å². The second-order valence-corrected chi connectivity index (χ2v) is 12.3. The maximum Gasteiger partial charge on any atom is 0.243 e. The number of hydrogen-bond donors (Lipinski definition) is 0. The summed E-state index contributed by atoms with van der Waals surface area (Å²) in [7, 11) is -3.72. The molecule has 0 atom stereocenters. The molecule has 1 fully saturated rings. The molecule has 0 amide bonds. The third-order valence-electron chi connectivity index (χ3n) is 7.08. The Bertz CT molecular complexity index is 1350. The Labute approximate surface area is 224 Å². The number of imidazole rings is 1. The van der Waals surface area contributed by atoms with Crippen molar-refractivity contribution in [3.63, 3.8) is 0 Å². The van der Waals surface area contributed by atoms with Gasteiger partial charge in [0.05, 0.1) is 16.8 Å². The smallest absolute Gasteiger partial charge is 0.243 e. The van der Waals surface area contributed by atoms with Gasteiger partial charge in [0.25, 0.3) is 0 Å². The molecule has 0 unspecified atom stereocenters. The van der Waals surface area contributed by atoms with Crippen LogP contribution in [0.5, 0.6) is 0 Å². The van der Waals surface area contributed by atoms with E-state index in [-0.39, 0.29) is 0 Å². The summed E-state index contributed by atoms with van der Waals surface area (Å²) in [6, 6.07) is 27.3. The van der Waals surface area contributed by atoms with Gasteiger partial charge in [-0.15, -0.1) is 0 Å². The average molecular weight is 532 g/mol. The van der Waals surface area contributed by atoms with E-state index < -0.39 is 10.0 Å². The Hall–Kier alpha value is -2.87. The van der Waals surface area contributed by atoms with Crippen molar-refractivity contribution < 1.29 is 8.42 Å². The number of hydrogen-bond acceptors (Lipinski definition) is 4. The van der Waals surface area contributed by atoms with Gasteiger partial charge in [0, 0.05) is 19.1 Å². The highest BCUT2D eigenvalue weighted by Gasteiger charge is 2.26. The van der Waals surface area contributed by atoms with Gasteiger partial charge in [0.15, 0.2) is 5.16 Å². The summed E-state index contributed by atoms with van der Waals surface area (Å²) in [5.74, 6) is 0. The lowest BCUT2D eigenvalue weighted by molar-refractivity contribution is 0.339. The number of sulfonamides is 1. The van der Waals surface area contributed by atoms with Gasteiger partial charge in [0.1, 0.15) is 0 Å². The summed E-state index contributed by atoms with van der Waals surface area (Å²) < 4.78 is 31.6. The molecular weight excluding hydrogens is 498 g/mol. The first-order chi connectivity index (χ1) is 18.1. The maximum absolute atomic E-state index is 13.9. The molecule has 5 rings (SSSR count). The second kappa shape index (κ2) is 11.7. The zero-order chi connectivity index (χ0) is 25.7. The Morgan fingerprint density at radius 2 is 1.41 bits per heavy atom.